The molecule has 0 aliphatic heterocycles. The monoisotopic (exact) mass is 334 g/mol. The zero-order chi connectivity index (χ0) is 16.9. The van der Waals surface area contributed by atoms with Crippen molar-refractivity contribution >= 4 is 9.05 Å². The molecule has 0 saturated carbocycles. The van der Waals surface area contributed by atoms with Crippen LogP contribution >= 0.6 is 0 Å². The van der Waals surface area contributed by atoms with E-state index in [1.54, 1.807) is 0 Å². The van der Waals surface area contributed by atoms with Crippen molar-refractivity contribution in [3.8, 4) is 0 Å². The van der Waals surface area contributed by atoms with Crippen LogP contribution in [0.1, 0.15) is 80.1 Å². The molecule has 0 aliphatic rings. The van der Waals surface area contributed by atoms with Crippen LogP contribution in [0, 0.1) is 5.41 Å². The Kier molecular flexibility index (Phi) is 12.5. The smallest absolute Gasteiger partial charge is 0.351 e. The molecule has 0 aromatic carbocycles. The average Bonchev–Trinajstić information content (AvgIpc) is 2.47. The Morgan fingerprint density at radius 2 is 0.955 bits per heavy atom. The zero-order valence-corrected chi connectivity index (χ0v) is 16.7. The van der Waals surface area contributed by atoms with E-state index >= 15 is 0 Å². The summed E-state index contributed by atoms with van der Waals surface area (Å²) in [5, 5.41) is 0. The van der Waals surface area contributed by atoms with Gasteiger partial charge in [0, 0.05) is 26.4 Å². The van der Waals surface area contributed by atoms with Gasteiger partial charge in [0.05, 0.1) is 0 Å². The molecule has 4 nitrogen and oxygen atoms in total. The molecule has 5 heteroatoms. The van der Waals surface area contributed by atoms with E-state index in [2.05, 4.69) is 20.8 Å². The lowest BCUT2D eigenvalue weighted by Gasteiger charge is -2.36. The molecule has 0 atom stereocenters. The summed E-state index contributed by atoms with van der Waals surface area (Å²) in [6.45, 7) is 14.9. The molecule has 0 heterocycles. The zero-order valence-electron chi connectivity index (χ0n) is 15.7. The fraction of sp³-hybridized carbons (Fsp3) is 1.00. The minimum atomic E-state index is -2.99. The quantitative estimate of drug-likeness (QED) is 0.398. The summed E-state index contributed by atoms with van der Waals surface area (Å²) in [6.07, 6.45) is 7.08. The van der Waals surface area contributed by atoms with Crippen molar-refractivity contribution in [2.75, 3.05) is 26.4 Å². The molecule has 0 radical (unpaired) electrons. The van der Waals surface area contributed by atoms with Crippen LogP contribution in [0.5, 0.6) is 0 Å². The van der Waals surface area contributed by atoms with Crippen molar-refractivity contribution in [3.05, 3.63) is 0 Å². The maximum Gasteiger partial charge on any atom is 0.679 e. The first-order chi connectivity index (χ1) is 10.6. The minimum absolute atomic E-state index is 0.224. The third-order valence-electron chi connectivity index (χ3n) is 3.86. The van der Waals surface area contributed by atoms with E-state index in [9.17, 15) is 0 Å². The standard InChI is InChI=1S/C17H38O4Si/c1-7-13-17(14-8-2,15-9-3)16-21-22(18-10-4,19-11-5)20-12-6/h7-16H2,1-6H3. The van der Waals surface area contributed by atoms with Crippen LogP contribution in [0.15, 0.2) is 0 Å². The topological polar surface area (TPSA) is 36.9 Å². The Morgan fingerprint density at radius 3 is 1.23 bits per heavy atom. The van der Waals surface area contributed by atoms with E-state index in [-0.39, 0.29) is 5.41 Å². The summed E-state index contributed by atoms with van der Waals surface area (Å²) in [6, 6.07) is 0. The third-order valence-corrected chi connectivity index (χ3v) is 6.28. The fourth-order valence-electron chi connectivity index (χ4n) is 3.20. The van der Waals surface area contributed by atoms with Crippen molar-refractivity contribution in [1.82, 2.24) is 0 Å². The van der Waals surface area contributed by atoms with Gasteiger partial charge in [-0.3, -0.25) is 0 Å². The lowest BCUT2D eigenvalue weighted by Crippen LogP contribution is -2.51. The molecule has 0 aromatic heterocycles. The van der Waals surface area contributed by atoms with Crippen molar-refractivity contribution in [1.29, 1.82) is 0 Å². The van der Waals surface area contributed by atoms with E-state index in [0.717, 1.165) is 0 Å². The second kappa shape index (κ2) is 12.5. The molecule has 0 unspecified atom stereocenters. The third kappa shape index (κ3) is 7.55. The van der Waals surface area contributed by atoms with Crippen LogP contribution in [-0.2, 0) is 17.7 Å². The molecule has 0 bridgehead atoms. The van der Waals surface area contributed by atoms with Gasteiger partial charge in [0.2, 0.25) is 0 Å². The Hall–Kier alpha value is 0.0569. The van der Waals surface area contributed by atoms with Gasteiger partial charge in [0.1, 0.15) is 0 Å². The second-order valence-corrected chi connectivity index (χ2v) is 7.99. The molecule has 0 fully saturated rings. The molecule has 134 valence electrons. The summed E-state index contributed by atoms with van der Waals surface area (Å²) in [7, 11) is -2.99. The Labute approximate surface area is 139 Å². The first kappa shape index (κ1) is 22.1. The highest BCUT2D eigenvalue weighted by Crippen LogP contribution is 2.36. The fourth-order valence-corrected chi connectivity index (χ4v) is 5.25. The van der Waals surface area contributed by atoms with Crippen LogP contribution in [0.25, 0.3) is 0 Å². The SMILES string of the molecule is CCCC(CCC)(CCC)CO[Si](OCC)(OCC)OCC. The Morgan fingerprint density at radius 1 is 0.591 bits per heavy atom. The molecule has 0 N–H and O–H groups in total. The van der Waals surface area contributed by atoms with E-state index < -0.39 is 9.05 Å². The summed E-state index contributed by atoms with van der Waals surface area (Å²) in [4.78, 5) is 0. The first-order valence-electron chi connectivity index (χ1n) is 9.13. The van der Waals surface area contributed by atoms with Gasteiger partial charge < -0.3 is 17.7 Å². The van der Waals surface area contributed by atoms with Gasteiger partial charge in [-0.05, 0) is 45.4 Å². The van der Waals surface area contributed by atoms with Gasteiger partial charge in [-0.1, -0.05) is 40.0 Å². The second-order valence-electron chi connectivity index (χ2n) is 5.84. The maximum atomic E-state index is 6.25. The van der Waals surface area contributed by atoms with Crippen molar-refractivity contribution in [2.45, 2.75) is 80.1 Å². The molecule has 22 heavy (non-hydrogen) atoms. The highest BCUT2D eigenvalue weighted by atomic mass is 28.4. The normalized spacial score (nSPS) is 12.8. The van der Waals surface area contributed by atoms with Gasteiger partial charge in [0.15, 0.2) is 0 Å². The van der Waals surface area contributed by atoms with E-state index in [1.807, 2.05) is 20.8 Å². The number of rotatable bonds is 15. The highest BCUT2D eigenvalue weighted by Gasteiger charge is 2.46. The largest absolute Gasteiger partial charge is 0.679 e. The van der Waals surface area contributed by atoms with Crippen molar-refractivity contribution < 1.29 is 17.7 Å². The van der Waals surface area contributed by atoms with Gasteiger partial charge >= 0.3 is 9.05 Å². The van der Waals surface area contributed by atoms with Crippen LogP contribution < -0.4 is 0 Å². The van der Waals surface area contributed by atoms with Crippen LogP contribution in [-0.4, -0.2) is 35.5 Å². The summed E-state index contributed by atoms with van der Waals surface area (Å²) >= 11 is 0. The van der Waals surface area contributed by atoms with E-state index in [0.29, 0.717) is 26.4 Å². The van der Waals surface area contributed by atoms with Gasteiger partial charge in [-0.25, -0.2) is 0 Å². The predicted molar refractivity (Wildman–Crippen MR) is 93.7 cm³/mol. The molecular weight excluding hydrogens is 296 g/mol. The van der Waals surface area contributed by atoms with Gasteiger partial charge in [0.25, 0.3) is 0 Å². The highest BCUT2D eigenvalue weighted by molar-refractivity contribution is 6.53. The number of hydrogen-bond acceptors (Lipinski definition) is 4. The summed E-state index contributed by atoms with van der Waals surface area (Å²) < 4.78 is 23.7. The summed E-state index contributed by atoms with van der Waals surface area (Å²) in [5.74, 6) is 0. The first-order valence-corrected chi connectivity index (χ1v) is 10.8. The minimum Gasteiger partial charge on any atom is -0.351 e. The Balaban J connectivity index is 5.04. The van der Waals surface area contributed by atoms with Crippen molar-refractivity contribution in [2.24, 2.45) is 5.41 Å². The molecule has 0 aliphatic carbocycles. The summed E-state index contributed by atoms with van der Waals surface area (Å²) in [5.41, 5.74) is 0.224. The van der Waals surface area contributed by atoms with Crippen LogP contribution in [0.3, 0.4) is 0 Å². The van der Waals surface area contributed by atoms with Crippen molar-refractivity contribution in [3.63, 3.8) is 0 Å². The number of hydrogen-bond donors (Lipinski definition) is 0. The van der Waals surface area contributed by atoms with E-state index in [1.165, 1.54) is 38.5 Å². The van der Waals surface area contributed by atoms with Crippen LogP contribution in [0.2, 0.25) is 0 Å². The van der Waals surface area contributed by atoms with E-state index in [4.69, 9.17) is 17.7 Å². The molecule has 0 saturated heterocycles. The predicted octanol–water partition coefficient (Wildman–Crippen LogP) is 4.93. The lowest BCUT2D eigenvalue weighted by atomic mass is 9.76. The average molecular weight is 335 g/mol. The van der Waals surface area contributed by atoms with Crippen LogP contribution in [0.4, 0.5) is 0 Å². The van der Waals surface area contributed by atoms with Gasteiger partial charge in [-0.15, -0.1) is 0 Å². The lowest BCUT2D eigenvalue weighted by molar-refractivity contribution is -0.0519. The Bertz CT molecular complexity index is 201. The molecule has 0 spiro atoms. The molecule has 0 amide bonds. The molecule has 0 aromatic rings. The van der Waals surface area contributed by atoms with Gasteiger partial charge in [-0.2, -0.15) is 0 Å². The maximum absolute atomic E-state index is 6.25. The molecule has 0 rings (SSSR count). The molecular formula is C17H38O4Si.